The number of rotatable bonds is 6. The van der Waals surface area contributed by atoms with Crippen LogP contribution in [0, 0.1) is 5.92 Å². The molecule has 1 spiro atoms. The summed E-state index contributed by atoms with van der Waals surface area (Å²) < 4.78 is 0. The Bertz CT molecular complexity index is 795. The zero-order chi connectivity index (χ0) is 21.4. The Balaban J connectivity index is 2.03. The van der Waals surface area contributed by atoms with E-state index >= 15 is 0 Å². The van der Waals surface area contributed by atoms with Crippen molar-refractivity contribution in [1.29, 1.82) is 0 Å². The van der Waals surface area contributed by atoms with E-state index < -0.39 is 5.54 Å². The number of nitrogens with zero attached hydrogens (tertiary/aromatic N) is 2. The molecule has 1 aromatic rings. The Morgan fingerprint density at radius 2 is 1.83 bits per heavy atom. The van der Waals surface area contributed by atoms with Crippen LogP contribution in [-0.2, 0) is 11.3 Å². The summed E-state index contributed by atoms with van der Waals surface area (Å²) in [6.07, 6.45) is 4.34. The molecule has 5 heteroatoms. The van der Waals surface area contributed by atoms with Crippen molar-refractivity contribution in [3.63, 3.8) is 0 Å². The van der Waals surface area contributed by atoms with Crippen LogP contribution in [0.25, 0.3) is 0 Å². The molecule has 1 aromatic carbocycles. The third-order valence-corrected chi connectivity index (χ3v) is 7.77. The molecule has 3 rings (SSSR count). The molecular formula is C24H35N3O2. The quantitative estimate of drug-likeness (QED) is 0.574. The lowest BCUT2D eigenvalue weighted by Crippen LogP contribution is -2.75. The van der Waals surface area contributed by atoms with Gasteiger partial charge in [0.2, 0.25) is 0 Å². The van der Waals surface area contributed by atoms with Crippen molar-refractivity contribution >= 4 is 11.9 Å². The van der Waals surface area contributed by atoms with Crippen LogP contribution in [0.1, 0.15) is 59.4 Å². The number of hydrogen-bond donors (Lipinski definition) is 1. The van der Waals surface area contributed by atoms with Gasteiger partial charge in [0, 0.05) is 23.5 Å². The molecule has 0 aromatic heterocycles. The highest BCUT2D eigenvalue weighted by Crippen LogP contribution is 2.52. The molecule has 158 valence electrons. The summed E-state index contributed by atoms with van der Waals surface area (Å²) >= 11 is 0. The van der Waals surface area contributed by atoms with Crippen molar-refractivity contribution in [2.75, 3.05) is 6.54 Å². The molecule has 5 nitrogen and oxygen atoms in total. The number of piperidine rings is 1. The molecule has 0 saturated carbocycles. The van der Waals surface area contributed by atoms with Crippen LogP contribution < -0.4 is 5.32 Å². The van der Waals surface area contributed by atoms with Gasteiger partial charge in [0.05, 0.1) is 6.54 Å². The molecule has 0 aliphatic carbocycles. The standard InChI is InChI=1S/C24H35N3O2/c1-7-15-27-22(5,8-2)17-24(18(4)23(27,6)9-3)20(28)26(21(29)25-24)16-19-13-11-10-12-14-19/h7,10-14,18H,1,8-9,15-17H2,2-6H3,(H,25,29). The van der Waals surface area contributed by atoms with Gasteiger partial charge in [-0.15, -0.1) is 6.58 Å². The summed E-state index contributed by atoms with van der Waals surface area (Å²) in [7, 11) is 0. The predicted molar refractivity (Wildman–Crippen MR) is 116 cm³/mol. The van der Waals surface area contributed by atoms with Gasteiger partial charge in [-0.3, -0.25) is 14.6 Å². The van der Waals surface area contributed by atoms with Gasteiger partial charge >= 0.3 is 6.03 Å². The van der Waals surface area contributed by atoms with E-state index in [1.165, 1.54) is 4.90 Å². The number of likely N-dealkylation sites (tertiary alicyclic amines) is 1. The van der Waals surface area contributed by atoms with Gasteiger partial charge in [0.15, 0.2) is 0 Å². The first-order chi connectivity index (χ1) is 13.7. The third kappa shape index (κ3) is 3.20. The SMILES string of the molecule is C=CCN1C(C)(CC)CC2(NC(=O)N(Cc3ccccc3)C2=O)C(C)C1(C)CC. The van der Waals surface area contributed by atoms with Crippen molar-refractivity contribution < 1.29 is 9.59 Å². The van der Waals surface area contributed by atoms with Crippen molar-refractivity contribution in [1.82, 2.24) is 15.1 Å². The van der Waals surface area contributed by atoms with Crippen LogP contribution in [0.2, 0.25) is 0 Å². The summed E-state index contributed by atoms with van der Waals surface area (Å²) in [5.41, 5.74) is -0.361. The number of amides is 3. The van der Waals surface area contributed by atoms with E-state index in [1.807, 2.05) is 36.4 Å². The smallest absolute Gasteiger partial charge is 0.323 e. The second-order valence-corrected chi connectivity index (χ2v) is 9.14. The van der Waals surface area contributed by atoms with Crippen LogP contribution in [0.3, 0.4) is 0 Å². The maximum Gasteiger partial charge on any atom is 0.325 e. The lowest BCUT2D eigenvalue weighted by atomic mass is 9.60. The van der Waals surface area contributed by atoms with Crippen LogP contribution in [0.5, 0.6) is 0 Å². The highest BCUT2D eigenvalue weighted by molar-refractivity contribution is 6.07. The first-order valence-corrected chi connectivity index (χ1v) is 10.7. The molecule has 2 aliphatic rings. The van der Waals surface area contributed by atoms with Crippen LogP contribution in [-0.4, -0.2) is 44.9 Å². The molecule has 29 heavy (non-hydrogen) atoms. The number of benzene rings is 1. The van der Waals surface area contributed by atoms with Crippen molar-refractivity contribution in [3.05, 3.63) is 48.6 Å². The average Bonchev–Trinajstić information content (AvgIpc) is 2.95. The van der Waals surface area contributed by atoms with Gasteiger partial charge < -0.3 is 5.32 Å². The minimum absolute atomic E-state index is 0.0307. The predicted octanol–water partition coefficient (Wildman–Crippen LogP) is 4.34. The van der Waals surface area contributed by atoms with E-state index in [0.717, 1.165) is 24.9 Å². The number of carbonyl (C=O) groups is 2. The molecule has 0 bridgehead atoms. The Labute approximate surface area is 175 Å². The Morgan fingerprint density at radius 3 is 2.38 bits per heavy atom. The second kappa shape index (κ2) is 7.60. The van der Waals surface area contributed by atoms with E-state index in [-0.39, 0.29) is 28.9 Å². The lowest BCUT2D eigenvalue weighted by Gasteiger charge is -2.63. The molecule has 2 heterocycles. The summed E-state index contributed by atoms with van der Waals surface area (Å²) in [6.45, 7) is 16.0. The first kappa shape index (κ1) is 21.6. The van der Waals surface area contributed by atoms with Gasteiger partial charge in [-0.25, -0.2) is 4.79 Å². The molecular weight excluding hydrogens is 362 g/mol. The topological polar surface area (TPSA) is 52.7 Å². The van der Waals surface area contributed by atoms with E-state index in [9.17, 15) is 9.59 Å². The number of urea groups is 1. The highest BCUT2D eigenvalue weighted by atomic mass is 16.2. The third-order valence-electron chi connectivity index (χ3n) is 7.77. The van der Waals surface area contributed by atoms with Gasteiger partial charge in [0.1, 0.15) is 5.54 Å². The summed E-state index contributed by atoms with van der Waals surface area (Å²) in [6, 6.07) is 9.43. The van der Waals surface area contributed by atoms with E-state index in [2.05, 4.69) is 51.4 Å². The minimum Gasteiger partial charge on any atom is -0.323 e. The van der Waals surface area contributed by atoms with E-state index in [1.54, 1.807) is 0 Å². The number of nitrogens with one attached hydrogen (secondary N) is 1. The average molecular weight is 398 g/mol. The van der Waals surface area contributed by atoms with E-state index in [4.69, 9.17) is 0 Å². The molecule has 4 unspecified atom stereocenters. The summed E-state index contributed by atoms with van der Waals surface area (Å²) in [5, 5.41) is 3.17. The van der Waals surface area contributed by atoms with Gasteiger partial charge in [-0.1, -0.05) is 57.2 Å². The largest absolute Gasteiger partial charge is 0.325 e. The monoisotopic (exact) mass is 397 g/mol. The summed E-state index contributed by atoms with van der Waals surface area (Å²) in [5.74, 6) is -0.117. The van der Waals surface area contributed by atoms with Crippen LogP contribution >= 0.6 is 0 Å². The Morgan fingerprint density at radius 1 is 1.17 bits per heavy atom. The number of carbonyl (C=O) groups excluding carboxylic acids is 2. The number of imide groups is 1. The fourth-order valence-corrected chi connectivity index (χ4v) is 5.57. The second-order valence-electron chi connectivity index (χ2n) is 9.14. The van der Waals surface area contributed by atoms with E-state index in [0.29, 0.717) is 13.0 Å². The normalized spacial score (nSPS) is 35.2. The van der Waals surface area contributed by atoms with Crippen molar-refractivity contribution in [2.45, 2.75) is 77.0 Å². The molecule has 2 aliphatic heterocycles. The first-order valence-electron chi connectivity index (χ1n) is 10.7. The fourth-order valence-electron chi connectivity index (χ4n) is 5.57. The highest BCUT2D eigenvalue weighted by Gasteiger charge is 2.66. The van der Waals surface area contributed by atoms with Gasteiger partial charge in [-0.2, -0.15) is 0 Å². The zero-order valence-electron chi connectivity index (χ0n) is 18.5. The molecule has 3 amide bonds. The maximum absolute atomic E-state index is 13.8. The molecule has 0 radical (unpaired) electrons. The van der Waals surface area contributed by atoms with Crippen LogP contribution in [0.4, 0.5) is 4.79 Å². The molecule has 2 fully saturated rings. The molecule has 1 N–H and O–H groups in total. The summed E-state index contributed by atoms with van der Waals surface area (Å²) in [4.78, 5) is 30.7. The molecule has 4 atom stereocenters. The lowest BCUT2D eigenvalue weighted by molar-refractivity contribution is -0.153. The van der Waals surface area contributed by atoms with Gasteiger partial charge in [0.25, 0.3) is 5.91 Å². The van der Waals surface area contributed by atoms with Gasteiger partial charge in [-0.05, 0) is 38.7 Å². The Kier molecular flexibility index (Phi) is 5.65. The fraction of sp³-hybridized carbons (Fsp3) is 0.583. The Hall–Kier alpha value is -2.14. The van der Waals surface area contributed by atoms with Crippen molar-refractivity contribution in [2.24, 2.45) is 5.92 Å². The van der Waals surface area contributed by atoms with Crippen LogP contribution in [0.15, 0.2) is 43.0 Å². The maximum atomic E-state index is 13.8. The minimum atomic E-state index is -0.876. The van der Waals surface area contributed by atoms with Crippen molar-refractivity contribution in [3.8, 4) is 0 Å². The number of hydrogen-bond acceptors (Lipinski definition) is 3. The molecule has 2 saturated heterocycles. The zero-order valence-corrected chi connectivity index (χ0v) is 18.5.